The van der Waals surface area contributed by atoms with Crippen molar-refractivity contribution in [2.75, 3.05) is 11.9 Å². The van der Waals surface area contributed by atoms with Crippen LogP contribution < -0.4 is 5.32 Å². The Morgan fingerprint density at radius 1 is 1.25 bits per heavy atom. The van der Waals surface area contributed by atoms with Crippen LogP contribution in [-0.2, 0) is 0 Å². The minimum absolute atomic E-state index is 0.756. The molecule has 1 aromatic rings. The molecule has 2 rings (SSSR count). The third-order valence-electron chi connectivity index (χ3n) is 3.68. The zero-order chi connectivity index (χ0) is 11.4. The van der Waals surface area contributed by atoms with Crippen molar-refractivity contribution in [2.45, 2.75) is 51.9 Å². The van der Waals surface area contributed by atoms with Crippen LogP contribution in [0.4, 0.5) is 5.69 Å². The maximum atomic E-state index is 3.56. The van der Waals surface area contributed by atoms with Gasteiger partial charge in [0.05, 0.1) is 0 Å². The Balaban J connectivity index is 1.93. The smallest absolute Gasteiger partial charge is 0.0406 e. The maximum absolute atomic E-state index is 3.56. The first-order chi connectivity index (χ1) is 7.83. The molecule has 88 valence electrons. The Bertz CT molecular complexity index is 343. The van der Waals surface area contributed by atoms with Crippen LogP contribution >= 0.6 is 0 Å². The summed E-state index contributed by atoms with van der Waals surface area (Å²) in [6, 6.07) is 6.69. The first kappa shape index (κ1) is 11.5. The van der Waals surface area contributed by atoms with Crippen molar-refractivity contribution in [2.24, 2.45) is 0 Å². The molecule has 1 aliphatic rings. The molecular formula is C15H23N. The van der Waals surface area contributed by atoms with Gasteiger partial charge < -0.3 is 5.32 Å². The lowest BCUT2D eigenvalue weighted by Gasteiger charge is -2.10. The van der Waals surface area contributed by atoms with E-state index in [1.807, 2.05) is 0 Å². The molecule has 1 heterocycles. The van der Waals surface area contributed by atoms with Gasteiger partial charge in [-0.15, -0.1) is 0 Å². The number of rotatable bonds is 5. The molecule has 16 heavy (non-hydrogen) atoms. The van der Waals surface area contributed by atoms with Crippen LogP contribution in [0.3, 0.4) is 0 Å². The minimum atomic E-state index is 0.756. The van der Waals surface area contributed by atoms with Gasteiger partial charge in [0.25, 0.3) is 0 Å². The second kappa shape index (κ2) is 5.38. The number of hydrogen-bond donors (Lipinski definition) is 1. The lowest BCUT2D eigenvalue weighted by molar-refractivity contribution is 0.578. The minimum Gasteiger partial charge on any atom is -0.384 e. The van der Waals surface area contributed by atoms with Crippen LogP contribution in [-0.4, -0.2) is 6.54 Å². The van der Waals surface area contributed by atoms with E-state index in [-0.39, 0.29) is 0 Å². The molecule has 0 saturated heterocycles. The van der Waals surface area contributed by atoms with E-state index in [4.69, 9.17) is 0 Å². The molecule has 1 aliphatic heterocycles. The summed E-state index contributed by atoms with van der Waals surface area (Å²) in [5, 5.41) is 3.56. The molecule has 0 amide bonds. The predicted octanol–water partition coefficient (Wildman–Crippen LogP) is 4.47. The Hall–Kier alpha value is -0.980. The van der Waals surface area contributed by atoms with E-state index in [0.29, 0.717) is 0 Å². The fourth-order valence-electron chi connectivity index (χ4n) is 2.68. The third kappa shape index (κ3) is 2.40. The number of para-hydroxylation sites is 1. The number of hydrogen-bond acceptors (Lipinski definition) is 1. The lowest BCUT2D eigenvalue weighted by atomic mass is 9.94. The highest BCUT2D eigenvalue weighted by Crippen LogP contribution is 2.36. The van der Waals surface area contributed by atoms with E-state index in [1.54, 1.807) is 5.56 Å². The van der Waals surface area contributed by atoms with Crippen molar-refractivity contribution in [1.29, 1.82) is 0 Å². The number of fused-ring (bicyclic) bond motifs is 1. The summed E-state index contributed by atoms with van der Waals surface area (Å²) in [5.74, 6) is 0.756. The molecule has 1 atom stereocenters. The molecule has 1 nitrogen and oxygen atoms in total. The van der Waals surface area contributed by atoms with Gasteiger partial charge in [-0.05, 0) is 24.5 Å². The van der Waals surface area contributed by atoms with E-state index < -0.39 is 0 Å². The van der Waals surface area contributed by atoms with Gasteiger partial charge in [-0.2, -0.15) is 0 Å². The van der Waals surface area contributed by atoms with Crippen LogP contribution in [0.1, 0.15) is 56.1 Å². The van der Waals surface area contributed by atoms with Gasteiger partial charge in [-0.25, -0.2) is 0 Å². The number of nitrogens with one attached hydrogen (secondary N) is 1. The first-order valence-electron chi connectivity index (χ1n) is 6.66. The SMILES string of the molecule is CCCCCCC1CNc2c(C)cccc21. The van der Waals surface area contributed by atoms with Gasteiger partial charge in [0.15, 0.2) is 0 Å². The Labute approximate surface area is 99.3 Å². The fourth-order valence-corrected chi connectivity index (χ4v) is 2.68. The summed E-state index contributed by atoms with van der Waals surface area (Å²) in [6.07, 6.45) is 6.85. The molecule has 0 spiro atoms. The van der Waals surface area contributed by atoms with E-state index in [2.05, 4.69) is 37.4 Å². The number of anilines is 1. The third-order valence-corrected chi connectivity index (χ3v) is 3.68. The zero-order valence-corrected chi connectivity index (χ0v) is 10.6. The van der Waals surface area contributed by atoms with Crippen LogP contribution in [0.25, 0.3) is 0 Å². The molecular weight excluding hydrogens is 194 g/mol. The highest BCUT2D eigenvalue weighted by Gasteiger charge is 2.22. The monoisotopic (exact) mass is 217 g/mol. The topological polar surface area (TPSA) is 12.0 Å². The molecule has 1 heteroatoms. The van der Waals surface area contributed by atoms with Crippen LogP contribution in [0.15, 0.2) is 18.2 Å². The molecule has 0 aliphatic carbocycles. The average Bonchev–Trinajstić information content (AvgIpc) is 2.70. The Kier molecular flexibility index (Phi) is 3.87. The normalized spacial score (nSPS) is 18.2. The van der Waals surface area contributed by atoms with Crippen molar-refractivity contribution >= 4 is 5.69 Å². The van der Waals surface area contributed by atoms with Gasteiger partial charge >= 0.3 is 0 Å². The van der Waals surface area contributed by atoms with Crippen molar-refractivity contribution in [1.82, 2.24) is 0 Å². The van der Waals surface area contributed by atoms with E-state index >= 15 is 0 Å². The van der Waals surface area contributed by atoms with Crippen molar-refractivity contribution < 1.29 is 0 Å². The zero-order valence-electron chi connectivity index (χ0n) is 10.6. The van der Waals surface area contributed by atoms with Gasteiger partial charge in [0, 0.05) is 18.2 Å². The van der Waals surface area contributed by atoms with Crippen molar-refractivity contribution in [3.63, 3.8) is 0 Å². The average molecular weight is 217 g/mol. The number of unbranched alkanes of at least 4 members (excludes halogenated alkanes) is 3. The van der Waals surface area contributed by atoms with E-state index in [9.17, 15) is 0 Å². The molecule has 1 unspecified atom stereocenters. The predicted molar refractivity (Wildman–Crippen MR) is 71.2 cm³/mol. The van der Waals surface area contributed by atoms with Gasteiger partial charge in [0.2, 0.25) is 0 Å². The van der Waals surface area contributed by atoms with E-state index in [1.165, 1.54) is 43.4 Å². The summed E-state index contributed by atoms with van der Waals surface area (Å²) in [7, 11) is 0. The molecule has 0 radical (unpaired) electrons. The summed E-state index contributed by atoms with van der Waals surface area (Å²) in [6.45, 7) is 5.62. The van der Waals surface area contributed by atoms with E-state index in [0.717, 1.165) is 12.5 Å². The molecule has 0 fully saturated rings. The number of benzene rings is 1. The Morgan fingerprint density at radius 2 is 2.12 bits per heavy atom. The van der Waals surface area contributed by atoms with Gasteiger partial charge in [-0.3, -0.25) is 0 Å². The summed E-state index contributed by atoms with van der Waals surface area (Å²) >= 11 is 0. The van der Waals surface area contributed by atoms with Crippen LogP contribution in [0.2, 0.25) is 0 Å². The second-order valence-corrected chi connectivity index (χ2v) is 4.97. The highest BCUT2D eigenvalue weighted by molar-refractivity contribution is 5.62. The molecule has 1 aromatic carbocycles. The van der Waals surface area contributed by atoms with Crippen molar-refractivity contribution in [3.05, 3.63) is 29.3 Å². The second-order valence-electron chi connectivity index (χ2n) is 4.97. The molecule has 0 bridgehead atoms. The molecule has 1 N–H and O–H groups in total. The highest BCUT2D eigenvalue weighted by atomic mass is 14.9. The molecule has 0 aromatic heterocycles. The lowest BCUT2D eigenvalue weighted by Crippen LogP contribution is -2.01. The quantitative estimate of drug-likeness (QED) is 0.717. The maximum Gasteiger partial charge on any atom is 0.0406 e. The fraction of sp³-hybridized carbons (Fsp3) is 0.600. The standard InChI is InChI=1S/C15H23N/c1-3-4-5-6-9-13-11-16-15-12(2)8-7-10-14(13)15/h7-8,10,13,16H,3-6,9,11H2,1-2H3. The van der Waals surface area contributed by atoms with Gasteiger partial charge in [0.1, 0.15) is 0 Å². The summed E-state index contributed by atoms with van der Waals surface area (Å²) < 4.78 is 0. The van der Waals surface area contributed by atoms with Crippen molar-refractivity contribution in [3.8, 4) is 0 Å². The van der Waals surface area contributed by atoms with Crippen LogP contribution in [0.5, 0.6) is 0 Å². The summed E-state index contributed by atoms with van der Waals surface area (Å²) in [5.41, 5.74) is 4.35. The van der Waals surface area contributed by atoms with Crippen LogP contribution in [0, 0.1) is 6.92 Å². The summed E-state index contributed by atoms with van der Waals surface area (Å²) in [4.78, 5) is 0. The largest absolute Gasteiger partial charge is 0.384 e. The first-order valence-corrected chi connectivity index (χ1v) is 6.66. The van der Waals surface area contributed by atoms with Gasteiger partial charge in [-0.1, -0.05) is 50.8 Å². The molecule has 0 saturated carbocycles. The Morgan fingerprint density at radius 3 is 2.94 bits per heavy atom. The number of aryl methyl sites for hydroxylation is 1.